The van der Waals surface area contributed by atoms with E-state index >= 15 is 0 Å². The Labute approximate surface area is 175 Å². The largest absolute Gasteiger partial charge is 0.459 e. The second-order valence-electron chi connectivity index (χ2n) is 6.22. The lowest BCUT2D eigenvalue weighted by Gasteiger charge is -2.21. The summed E-state index contributed by atoms with van der Waals surface area (Å²) in [5.41, 5.74) is -0.00990. The molecule has 0 bridgehead atoms. The van der Waals surface area contributed by atoms with Crippen LogP contribution in [0.1, 0.15) is 36.2 Å². The van der Waals surface area contributed by atoms with Gasteiger partial charge in [-0.25, -0.2) is 0 Å². The highest BCUT2D eigenvalue weighted by atomic mass is 127. The molecule has 2 aromatic heterocycles. The lowest BCUT2D eigenvalue weighted by atomic mass is 9.92. The maximum absolute atomic E-state index is 11.8. The van der Waals surface area contributed by atoms with Crippen LogP contribution in [0.4, 0.5) is 0 Å². The number of hydrogen-bond acceptors (Lipinski definition) is 4. The van der Waals surface area contributed by atoms with Crippen LogP contribution in [-0.4, -0.2) is 38.0 Å². The van der Waals surface area contributed by atoms with Crippen molar-refractivity contribution in [1.29, 1.82) is 0 Å². The van der Waals surface area contributed by atoms with Gasteiger partial charge < -0.3 is 20.4 Å². The van der Waals surface area contributed by atoms with Crippen molar-refractivity contribution in [2.75, 3.05) is 26.2 Å². The van der Waals surface area contributed by atoms with Gasteiger partial charge in [0.25, 0.3) is 5.91 Å². The number of rotatable bonds is 8. The SMILES string of the molecule is CCNC(=NCC(C)(C)c1cccs1)NCCNC(=O)c1ccco1.I. The first-order chi connectivity index (χ1) is 12.0. The molecule has 0 saturated carbocycles. The number of aliphatic imine (C=N–C) groups is 1. The predicted molar refractivity (Wildman–Crippen MR) is 118 cm³/mol. The summed E-state index contributed by atoms with van der Waals surface area (Å²) < 4.78 is 5.06. The van der Waals surface area contributed by atoms with Gasteiger partial charge in [-0.2, -0.15) is 0 Å². The van der Waals surface area contributed by atoms with Gasteiger partial charge in [-0.1, -0.05) is 19.9 Å². The van der Waals surface area contributed by atoms with Crippen molar-refractivity contribution in [1.82, 2.24) is 16.0 Å². The Morgan fingerprint density at radius 3 is 2.58 bits per heavy atom. The smallest absolute Gasteiger partial charge is 0.287 e. The summed E-state index contributed by atoms with van der Waals surface area (Å²) in [6, 6.07) is 7.54. The molecule has 26 heavy (non-hydrogen) atoms. The van der Waals surface area contributed by atoms with Crippen LogP contribution in [0.5, 0.6) is 0 Å². The van der Waals surface area contributed by atoms with E-state index in [1.165, 1.54) is 11.1 Å². The molecular weight excluding hydrogens is 463 g/mol. The monoisotopic (exact) mass is 490 g/mol. The summed E-state index contributed by atoms with van der Waals surface area (Å²) in [6.07, 6.45) is 1.48. The van der Waals surface area contributed by atoms with E-state index in [9.17, 15) is 4.79 Å². The number of amides is 1. The minimum absolute atomic E-state index is 0. The molecule has 2 aromatic rings. The second kappa shape index (κ2) is 11.2. The van der Waals surface area contributed by atoms with Gasteiger partial charge >= 0.3 is 0 Å². The number of halogens is 1. The molecule has 0 saturated heterocycles. The van der Waals surface area contributed by atoms with Gasteiger partial charge in [-0.3, -0.25) is 9.79 Å². The molecule has 0 aliphatic rings. The zero-order chi connectivity index (χ0) is 18.1. The van der Waals surface area contributed by atoms with E-state index in [1.54, 1.807) is 23.5 Å². The highest BCUT2D eigenvalue weighted by molar-refractivity contribution is 14.0. The van der Waals surface area contributed by atoms with E-state index in [1.807, 2.05) is 6.92 Å². The van der Waals surface area contributed by atoms with Crippen LogP contribution in [0.2, 0.25) is 0 Å². The summed E-state index contributed by atoms with van der Waals surface area (Å²) in [5, 5.41) is 11.4. The average Bonchev–Trinajstić information content (AvgIpc) is 3.29. The molecular formula is C18H27IN4O2S. The molecule has 0 aliphatic heterocycles. The zero-order valence-electron chi connectivity index (χ0n) is 15.4. The Hall–Kier alpha value is -1.55. The molecule has 0 fully saturated rings. The van der Waals surface area contributed by atoms with Gasteiger partial charge in [0.1, 0.15) is 0 Å². The molecule has 0 radical (unpaired) electrons. The van der Waals surface area contributed by atoms with Crippen molar-refractivity contribution in [3.05, 3.63) is 46.5 Å². The first-order valence-corrected chi connectivity index (χ1v) is 9.29. The molecule has 1 amide bonds. The number of guanidine groups is 1. The predicted octanol–water partition coefficient (Wildman–Crippen LogP) is 3.22. The molecule has 2 heterocycles. The molecule has 0 aliphatic carbocycles. The van der Waals surface area contributed by atoms with E-state index < -0.39 is 0 Å². The molecule has 6 nitrogen and oxygen atoms in total. The van der Waals surface area contributed by atoms with Gasteiger partial charge in [-0.05, 0) is 30.5 Å². The van der Waals surface area contributed by atoms with E-state index in [0.29, 0.717) is 25.4 Å². The van der Waals surface area contributed by atoms with E-state index in [0.717, 1.165) is 12.5 Å². The number of carbonyl (C=O) groups is 1. The third-order valence-corrected chi connectivity index (χ3v) is 4.85. The van der Waals surface area contributed by atoms with Crippen LogP contribution in [0, 0.1) is 0 Å². The van der Waals surface area contributed by atoms with Crippen molar-refractivity contribution < 1.29 is 9.21 Å². The molecule has 0 aromatic carbocycles. The fourth-order valence-corrected chi connectivity index (χ4v) is 3.06. The van der Waals surface area contributed by atoms with Crippen molar-refractivity contribution in [3.63, 3.8) is 0 Å². The number of thiophene rings is 1. The Bertz CT molecular complexity index is 669. The number of nitrogens with zero attached hydrogens (tertiary/aromatic N) is 1. The minimum Gasteiger partial charge on any atom is -0.459 e. The van der Waals surface area contributed by atoms with E-state index in [2.05, 4.69) is 52.3 Å². The summed E-state index contributed by atoms with van der Waals surface area (Å²) in [6.45, 7) is 8.94. The molecule has 8 heteroatoms. The zero-order valence-corrected chi connectivity index (χ0v) is 18.5. The fraction of sp³-hybridized carbons (Fsp3) is 0.444. The molecule has 0 atom stereocenters. The first kappa shape index (κ1) is 22.5. The van der Waals surface area contributed by atoms with Gasteiger partial charge in [0.15, 0.2) is 11.7 Å². The number of carbonyl (C=O) groups excluding carboxylic acids is 1. The summed E-state index contributed by atoms with van der Waals surface area (Å²) in [7, 11) is 0. The van der Waals surface area contributed by atoms with Crippen LogP contribution < -0.4 is 16.0 Å². The van der Waals surface area contributed by atoms with Gasteiger partial charge in [0.2, 0.25) is 0 Å². The first-order valence-electron chi connectivity index (χ1n) is 8.41. The molecule has 3 N–H and O–H groups in total. The Balaban J connectivity index is 0.00000338. The molecule has 0 spiro atoms. The third-order valence-electron chi connectivity index (χ3n) is 3.61. The Morgan fingerprint density at radius 2 is 1.96 bits per heavy atom. The molecule has 0 unspecified atom stereocenters. The number of furan rings is 1. The highest BCUT2D eigenvalue weighted by Gasteiger charge is 2.21. The van der Waals surface area contributed by atoms with Crippen molar-refractivity contribution in [2.45, 2.75) is 26.2 Å². The van der Waals surface area contributed by atoms with Gasteiger partial charge in [0.05, 0.1) is 12.8 Å². The van der Waals surface area contributed by atoms with Gasteiger partial charge in [0, 0.05) is 29.9 Å². The molecule has 144 valence electrons. The summed E-state index contributed by atoms with van der Waals surface area (Å²) in [4.78, 5) is 17.8. The Kier molecular flexibility index (Phi) is 9.71. The van der Waals surface area contributed by atoms with E-state index in [4.69, 9.17) is 4.42 Å². The summed E-state index contributed by atoms with van der Waals surface area (Å²) in [5.74, 6) is 0.852. The van der Waals surface area contributed by atoms with Crippen LogP contribution in [0.3, 0.4) is 0 Å². The highest BCUT2D eigenvalue weighted by Crippen LogP contribution is 2.27. The topological polar surface area (TPSA) is 78.7 Å². The van der Waals surface area contributed by atoms with Crippen molar-refractivity contribution in [2.24, 2.45) is 4.99 Å². The normalized spacial score (nSPS) is 11.6. The van der Waals surface area contributed by atoms with Crippen molar-refractivity contribution in [3.8, 4) is 0 Å². The number of nitrogens with one attached hydrogen (secondary N) is 3. The van der Waals surface area contributed by atoms with Crippen molar-refractivity contribution >= 4 is 47.2 Å². The van der Waals surface area contributed by atoms with Crippen LogP contribution >= 0.6 is 35.3 Å². The average molecular weight is 490 g/mol. The lowest BCUT2D eigenvalue weighted by molar-refractivity contribution is 0.0926. The number of hydrogen-bond donors (Lipinski definition) is 3. The summed E-state index contributed by atoms with van der Waals surface area (Å²) >= 11 is 1.75. The fourth-order valence-electron chi connectivity index (χ4n) is 2.21. The molecule has 2 rings (SSSR count). The quantitative estimate of drug-likeness (QED) is 0.230. The van der Waals surface area contributed by atoms with Crippen LogP contribution in [-0.2, 0) is 5.41 Å². The lowest BCUT2D eigenvalue weighted by Crippen LogP contribution is -2.42. The second-order valence-corrected chi connectivity index (χ2v) is 7.16. The maximum Gasteiger partial charge on any atom is 0.287 e. The van der Waals surface area contributed by atoms with Gasteiger partial charge in [-0.15, -0.1) is 35.3 Å². The minimum atomic E-state index is -0.215. The third kappa shape index (κ3) is 6.99. The Morgan fingerprint density at radius 1 is 1.19 bits per heavy atom. The van der Waals surface area contributed by atoms with Crippen LogP contribution in [0.25, 0.3) is 0 Å². The van der Waals surface area contributed by atoms with Crippen LogP contribution in [0.15, 0.2) is 45.3 Å². The standard InChI is InChI=1S/C18H26N4O2S.HI/c1-4-19-17(22-13-18(2,3)15-8-6-12-25-15)21-10-9-20-16(23)14-7-5-11-24-14;/h5-8,11-12H,4,9-10,13H2,1-3H3,(H,20,23)(H2,19,21,22);1H. The van der Waals surface area contributed by atoms with E-state index in [-0.39, 0.29) is 35.3 Å². The maximum atomic E-state index is 11.8.